The molecule has 0 aliphatic heterocycles. The lowest BCUT2D eigenvalue weighted by Crippen LogP contribution is -2.00. The summed E-state index contributed by atoms with van der Waals surface area (Å²) >= 11 is 3.45. The maximum atomic E-state index is 5.67. The Bertz CT molecular complexity index is 469. The van der Waals surface area contributed by atoms with E-state index in [1.807, 2.05) is 36.4 Å². The Morgan fingerprint density at radius 2 is 2.07 bits per heavy atom. The molecule has 1 heterocycles. The van der Waals surface area contributed by atoms with Gasteiger partial charge in [-0.1, -0.05) is 34.1 Å². The van der Waals surface area contributed by atoms with E-state index in [2.05, 4.69) is 20.9 Å². The number of hydrogen-bond donors (Lipinski definition) is 1. The van der Waals surface area contributed by atoms with Crippen molar-refractivity contribution in [2.75, 3.05) is 0 Å². The van der Waals surface area contributed by atoms with Crippen LogP contribution in [0.25, 0.3) is 11.3 Å². The zero-order chi connectivity index (χ0) is 10.7. The van der Waals surface area contributed by atoms with Crippen LogP contribution in [-0.2, 0) is 6.54 Å². The van der Waals surface area contributed by atoms with Gasteiger partial charge in [0.15, 0.2) is 0 Å². The van der Waals surface area contributed by atoms with Gasteiger partial charge >= 0.3 is 0 Å². The van der Waals surface area contributed by atoms with Crippen molar-refractivity contribution in [3.63, 3.8) is 0 Å². The van der Waals surface area contributed by atoms with E-state index in [0.29, 0.717) is 6.54 Å². The third-order valence-electron chi connectivity index (χ3n) is 2.21. The zero-order valence-corrected chi connectivity index (χ0v) is 9.74. The van der Waals surface area contributed by atoms with Gasteiger partial charge in [0.1, 0.15) is 0 Å². The number of aromatic nitrogens is 1. The number of nitrogens with zero attached hydrogens (tertiary/aromatic N) is 1. The predicted molar refractivity (Wildman–Crippen MR) is 65.3 cm³/mol. The first-order valence-electron chi connectivity index (χ1n) is 4.71. The van der Waals surface area contributed by atoms with Crippen LogP contribution in [0, 0.1) is 0 Å². The number of rotatable bonds is 2. The molecule has 0 atom stereocenters. The molecule has 76 valence electrons. The number of nitrogens with two attached hydrogens (primary N) is 1. The summed E-state index contributed by atoms with van der Waals surface area (Å²) in [7, 11) is 0. The Morgan fingerprint density at radius 3 is 2.80 bits per heavy atom. The Hall–Kier alpha value is -1.19. The van der Waals surface area contributed by atoms with Crippen molar-refractivity contribution >= 4 is 15.9 Å². The van der Waals surface area contributed by atoms with Crippen LogP contribution in [0.2, 0.25) is 0 Å². The Balaban J connectivity index is 2.53. The van der Waals surface area contributed by atoms with Crippen LogP contribution in [0.3, 0.4) is 0 Å². The highest BCUT2D eigenvalue weighted by molar-refractivity contribution is 9.10. The maximum absolute atomic E-state index is 5.67. The van der Waals surface area contributed by atoms with Gasteiger partial charge in [-0.25, -0.2) is 0 Å². The highest BCUT2D eigenvalue weighted by Gasteiger charge is 2.04. The molecule has 2 nitrogen and oxygen atoms in total. The topological polar surface area (TPSA) is 38.9 Å². The molecule has 0 aliphatic carbocycles. The molecular formula is C12H11BrN2. The van der Waals surface area contributed by atoms with E-state index in [0.717, 1.165) is 21.3 Å². The normalized spacial score (nSPS) is 10.3. The van der Waals surface area contributed by atoms with Gasteiger partial charge in [-0.05, 0) is 23.8 Å². The Kier molecular flexibility index (Phi) is 3.14. The Morgan fingerprint density at radius 1 is 1.20 bits per heavy atom. The minimum absolute atomic E-state index is 0.510. The minimum Gasteiger partial charge on any atom is -0.326 e. The second kappa shape index (κ2) is 4.55. The second-order valence-corrected chi connectivity index (χ2v) is 4.14. The average Bonchev–Trinajstić information content (AvgIpc) is 2.29. The summed E-state index contributed by atoms with van der Waals surface area (Å²) in [5.41, 5.74) is 8.79. The standard InChI is InChI=1S/C12H11BrN2/c13-11-5-1-3-9(7-11)12-10(8-14)4-2-6-15-12/h1-7H,8,14H2. The molecule has 3 heteroatoms. The van der Waals surface area contributed by atoms with E-state index >= 15 is 0 Å². The van der Waals surface area contributed by atoms with Crippen LogP contribution in [0.4, 0.5) is 0 Å². The van der Waals surface area contributed by atoms with Crippen molar-refractivity contribution in [3.05, 3.63) is 52.6 Å². The highest BCUT2D eigenvalue weighted by atomic mass is 79.9. The largest absolute Gasteiger partial charge is 0.326 e. The lowest BCUT2D eigenvalue weighted by atomic mass is 10.1. The van der Waals surface area contributed by atoms with E-state index in [9.17, 15) is 0 Å². The molecule has 0 unspecified atom stereocenters. The molecule has 2 rings (SSSR count). The van der Waals surface area contributed by atoms with Gasteiger partial charge in [-0.3, -0.25) is 4.98 Å². The summed E-state index contributed by atoms with van der Waals surface area (Å²) in [6, 6.07) is 12.0. The van der Waals surface area contributed by atoms with E-state index in [1.165, 1.54) is 0 Å². The fourth-order valence-corrected chi connectivity index (χ4v) is 1.90. The third-order valence-corrected chi connectivity index (χ3v) is 2.70. The summed E-state index contributed by atoms with van der Waals surface area (Å²) in [5.74, 6) is 0. The lowest BCUT2D eigenvalue weighted by molar-refractivity contribution is 1.05. The Labute approximate surface area is 97.3 Å². The van der Waals surface area contributed by atoms with Crippen LogP contribution in [0.5, 0.6) is 0 Å². The van der Waals surface area contributed by atoms with Crippen LogP contribution in [0.15, 0.2) is 47.1 Å². The molecule has 0 bridgehead atoms. The molecule has 0 radical (unpaired) electrons. The molecule has 2 aromatic rings. The van der Waals surface area contributed by atoms with Gasteiger partial charge in [-0.2, -0.15) is 0 Å². The maximum Gasteiger partial charge on any atom is 0.0747 e. The van der Waals surface area contributed by atoms with Crippen molar-refractivity contribution < 1.29 is 0 Å². The van der Waals surface area contributed by atoms with Crippen molar-refractivity contribution in [1.29, 1.82) is 0 Å². The molecule has 0 saturated carbocycles. The first-order valence-corrected chi connectivity index (χ1v) is 5.50. The quantitative estimate of drug-likeness (QED) is 0.904. The molecule has 0 amide bonds. The monoisotopic (exact) mass is 262 g/mol. The molecule has 0 aliphatic rings. The van der Waals surface area contributed by atoms with Crippen LogP contribution < -0.4 is 5.73 Å². The first kappa shape index (κ1) is 10.3. The summed E-state index contributed by atoms with van der Waals surface area (Å²) in [6.07, 6.45) is 1.79. The van der Waals surface area contributed by atoms with Crippen LogP contribution in [0.1, 0.15) is 5.56 Å². The first-order chi connectivity index (χ1) is 7.31. The van der Waals surface area contributed by atoms with Crippen molar-refractivity contribution in [3.8, 4) is 11.3 Å². The summed E-state index contributed by atoms with van der Waals surface area (Å²) < 4.78 is 1.05. The van der Waals surface area contributed by atoms with Gasteiger partial charge in [-0.15, -0.1) is 0 Å². The third kappa shape index (κ3) is 2.25. The van der Waals surface area contributed by atoms with Gasteiger partial charge < -0.3 is 5.73 Å². The van der Waals surface area contributed by atoms with Crippen LogP contribution >= 0.6 is 15.9 Å². The van der Waals surface area contributed by atoms with E-state index in [-0.39, 0.29) is 0 Å². The SMILES string of the molecule is NCc1cccnc1-c1cccc(Br)c1. The fourth-order valence-electron chi connectivity index (χ4n) is 1.50. The van der Waals surface area contributed by atoms with Gasteiger partial charge in [0, 0.05) is 22.8 Å². The predicted octanol–water partition coefficient (Wildman–Crippen LogP) is 2.97. The summed E-state index contributed by atoms with van der Waals surface area (Å²) in [6.45, 7) is 0.510. The molecule has 0 saturated heterocycles. The highest BCUT2D eigenvalue weighted by Crippen LogP contribution is 2.23. The molecule has 0 fully saturated rings. The van der Waals surface area contributed by atoms with E-state index in [1.54, 1.807) is 6.20 Å². The molecule has 1 aromatic carbocycles. The number of benzene rings is 1. The van der Waals surface area contributed by atoms with Gasteiger partial charge in [0.05, 0.1) is 5.69 Å². The number of halogens is 1. The second-order valence-electron chi connectivity index (χ2n) is 3.23. The minimum atomic E-state index is 0.510. The molecular weight excluding hydrogens is 252 g/mol. The summed E-state index contributed by atoms with van der Waals surface area (Å²) in [5, 5.41) is 0. The fraction of sp³-hybridized carbons (Fsp3) is 0.0833. The van der Waals surface area contributed by atoms with Crippen LogP contribution in [-0.4, -0.2) is 4.98 Å². The van der Waals surface area contributed by atoms with Gasteiger partial charge in [0.25, 0.3) is 0 Å². The van der Waals surface area contributed by atoms with Crippen molar-refractivity contribution in [2.45, 2.75) is 6.54 Å². The average molecular weight is 263 g/mol. The molecule has 15 heavy (non-hydrogen) atoms. The number of hydrogen-bond acceptors (Lipinski definition) is 2. The molecule has 1 aromatic heterocycles. The van der Waals surface area contributed by atoms with Gasteiger partial charge in [0.2, 0.25) is 0 Å². The summed E-state index contributed by atoms with van der Waals surface area (Å²) in [4.78, 5) is 4.36. The molecule has 0 spiro atoms. The van der Waals surface area contributed by atoms with Crippen molar-refractivity contribution in [1.82, 2.24) is 4.98 Å². The van der Waals surface area contributed by atoms with Crippen molar-refractivity contribution in [2.24, 2.45) is 5.73 Å². The molecule has 2 N–H and O–H groups in total. The lowest BCUT2D eigenvalue weighted by Gasteiger charge is -2.06. The van der Waals surface area contributed by atoms with E-state index in [4.69, 9.17) is 5.73 Å². The zero-order valence-electron chi connectivity index (χ0n) is 8.15. The smallest absolute Gasteiger partial charge is 0.0747 e. The number of pyridine rings is 1. The van der Waals surface area contributed by atoms with E-state index < -0.39 is 0 Å².